The molecule has 0 aliphatic carbocycles. The predicted octanol–water partition coefficient (Wildman–Crippen LogP) is 11.8. The van der Waals surface area contributed by atoms with Crippen LogP contribution in [0.1, 0.15) is 78.4 Å². The van der Waals surface area contributed by atoms with Crippen molar-refractivity contribution in [2.75, 3.05) is 0 Å². The van der Waals surface area contributed by atoms with Crippen molar-refractivity contribution in [3.63, 3.8) is 0 Å². The van der Waals surface area contributed by atoms with Crippen LogP contribution in [0.5, 0.6) is 28.2 Å². The Kier molecular flexibility index (Phi) is 16.1. The Balaban J connectivity index is 0.000000198. The second-order valence-corrected chi connectivity index (χ2v) is 15.3. The normalized spacial score (nSPS) is 10.8. The van der Waals surface area contributed by atoms with E-state index in [1.54, 1.807) is 12.1 Å². The maximum Gasteiger partial charge on any atom is 0.279 e. The summed E-state index contributed by atoms with van der Waals surface area (Å²) in [6.45, 7) is 11.5. The van der Waals surface area contributed by atoms with Crippen molar-refractivity contribution in [1.82, 2.24) is 9.97 Å². The standard InChI is InChI=1S/C21H23NO3S.C14H20O3.C7H4ClNS/c1-4-16(23)11-9-15-10-12-18(19(13-15)24-14(2)3)25-21-22-17-7-5-6-8-20(17)26-21;1-4-12(15)7-5-11-6-8-13(16)14(9-11)17-10(2)3;8-7-9-5-3-1-2-4-6(5)10-7/h5-8,10,12-14H,4,9,11H2,1-3H3;6,8-10,16H,4-5,7H2,1-3H3;1-4H. The lowest BCUT2D eigenvalue weighted by atomic mass is 10.1. The van der Waals surface area contributed by atoms with Gasteiger partial charge in [-0.2, -0.15) is 0 Å². The van der Waals surface area contributed by atoms with E-state index in [1.165, 1.54) is 22.7 Å². The van der Waals surface area contributed by atoms with Crippen LogP contribution >= 0.6 is 34.3 Å². The summed E-state index contributed by atoms with van der Waals surface area (Å²) in [6, 6.07) is 27.0. The van der Waals surface area contributed by atoms with Crippen LogP contribution in [0.3, 0.4) is 0 Å². The lowest BCUT2D eigenvalue weighted by molar-refractivity contribution is -0.119. The molecule has 0 aliphatic rings. The molecule has 0 saturated heterocycles. The van der Waals surface area contributed by atoms with Gasteiger partial charge < -0.3 is 19.3 Å². The molecular weight excluding hydrogens is 728 g/mol. The highest BCUT2D eigenvalue weighted by atomic mass is 35.5. The molecule has 53 heavy (non-hydrogen) atoms. The fraction of sp³-hybridized carbons (Fsp3) is 0.333. The summed E-state index contributed by atoms with van der Waals surface area (Å²) < 4.78 is 20.3. The molecule has 280 valence electrons. The number of carbonyl (C=O) groups excluding carboxylic acids is 2. The number of aryl methyl sites for hydroxylation is 2. The number of ether oxygens (including phenoxy) is 3. The number of benzene rings is 4. The number of phenols is 1. The van der Waals surface area contributed by atoms with Crippen molar-refractivity contribution in [1.29, 1.82) is 0 Å². The molecule has 11 heteroatoms. The van der Waals surface area contributed by atoms with Gasteiger partial charge in [-0.05, 0) is 100 Å². The zero-order valence-electron chi connectivity index (χ0n) is 31.1. The van der Waals surface area contributed by atoms with Gasteiger partial charge in [0.1, 0.15) is 11.6 Å². The zero-order chi connectivity index (χ0) is 38.3. The van der Waals surface area contributed by atoms with Crippen LogP contribution in [0.15, 0.2) is 84.9 Å². The number of hydrogen-bond acceptors (Lipinski definition) is 10. The van der Waals surface area contributed by atoms with Gasteiger partial charge in [0.05, 0.1) is 32.6 Å². The first-order valence-electron chi connectivity index (χ1n) is 17.8. The molecule has 0 amide bonds. The molecule has 0 fully saturated rings. The van der Waals surface area contributed by atoms with E-state index < -0.39 is 0 Å². The Labute approximate surface area is 324 Å². The van der Waals surface area contributed by atoms with Crippen molar-refractivity contribution in [2.24, 2.45) is 0 Å². The number of fused-ring (bicyclic) bond motifs is 2. The number of Topliss-reactive ketones (excluding diaryl/α,β-unsaturated/α-hetero) is 2. The topological polar surface area (TPSA) is 108 Å². The van der Waals surface area contributed by atoms with E-state index >= 15 is 0 Å². The Morgan fingerprint density at radius 3 is 1.74 bits per heavy atom. The Hall–Kier alpha value is -4.51. The van der Waals surface area contributed by atoms with Crippen LogP contribution in [0.4, 0.5) is 0 Å². The van der Waals surface area contributed by atoms with Crippen molar-refractivity contribution in [3.8, 4) is 28.2 Å². The number of rotatable bonds is 14. The summed E-state index contributed by atoms with van der Waals surface area (Å²) in [5, 5.41) is 10.2. The van der Waals surface area contributed by atoms with Gasteiger partial charge in [0.15, 0.2) is 27.5 Å². The summed E-state index contributed by atoms with van der Waals surface area (Å²) in [6.07, 6.45) is 3.71. The highest BCUT2D eigenvalue weighted by Crippen LogP contribution is 2.37. The highest BCUT2D eigenvalue weighted by molar-refractivity contribution is 7.22. The van der Waals surface area contributed by atoms with E-state index in [0.29, 0.717) is 65.4 Å². The molecule has 2 heterocycles. The maximum absolute atomic E-state index is 11.6. The number of hydrogen-bond donors (Lipinski definition) is 1. The molecule has 0 saturated carbocycles. The van der Waals surface area contributed by atoms with Crippen LogP contribution < -0.4 is 14.2 Å². The van der Waals surface area contributed by atoms with Gasteiger partial charge in [-0.15, -0.1) is 11.3 Å². The predicted molar refractivity (Wildman–Crippen MR) is 218 cm³/mol. The SMILES string of the molecule is CCC(=O)CCc1ccc(O)c(OC(C)C)c1.CCC(=O)CCc1ccc(Oc2nc3ccccc3s2)c(OC(C)C)c1.Clc1nc2ccccc2s1. The van der Waals surface area contributed by atoms with E-state index in [1.807, 2.05) is 114 Å². The van der Waals surface area contributed by atoms with Gasteiger partial charge in [-0.1, -0.05) is 73.2 Å². The Morgan fingerprint density at radius 2 is 1.19 bits per heavy atom. The minimum Gasteiger partial charge on any atom is -0.504 e. The summed E-state index contributed by atoms with van der Waals surface area (Å²) in [5.74, 6) is 2.48. The number of carbonyl (C=O) groups is 2. The third-order valence-electron chi connectivity index (χ3n) is 7.67. The van der Waals surface area contributed by atoms with Gasteiger partial charge in [0.25, 0.3) is 5.19 Å². The number of aromatic hydroxyl groups is 1. The van der Waals surface area contributed by atoms with Gasteiger partial charge in [-0.3, -0.25) is 9.59 Å². The van der Waals surface area contributed by atoms with E-state index in [-0.39, 0.29) is 29.5 Å². The van der Waals surface area contributed by atoms with Crippen molar-refractivity contribution in [3.05, 3.63) is 101 Å². The molecule has 2 aromatic heterocycles. The molecule has 6 aromatic rings. The number of para-hydroxylation sites is 2. The number of ketones is 2. The average molecular weight is 775 g/mol. The first-order valence-corrected chi connectivity index (χ1v) is 19.8. The van der Waals surface area contributed by atoms with Gasteiger partial charge in [-0.25, -0.2) is 9.97 Å². The molecule has 0 atom stereocenters. The number of halogens is 1. The second-order valence-electron chi connectivity index (χ2n) is 12.7. The Bertz CT molecular complexity index is 2030. The highest BCUT2D eigenvalue weighted by Gasteiger charge is 2.13. The number of nitrogens with zero attached hydrogens (tertiary/aromatic N) is 2. The van der Waals surface area contributed by atoms with Crippen molar-refractivity contribution in [2.45, 2.75) is 92.3 Å². The first-order chi connectivity index (χ1) is 25.4. The smallest absolute Gasteiger partial charge is 0.279 e. The second kappa shape index (κ2) is 20.7. The number of thiazole rings is 2. The molecule has 0 radical (unpaired) electrons. The van der Waals surface area contributed by atoms with E-state index in [9.17, 15) is 14.7 Å². The average Bonchev–Trinajstić information content (AvgIpc) is 3.73. The van der Waals surface area contributed by atoms with E-state index in [0.717, 1.165) is 31.6 Å². The summed E-state index contributed by atoms with van der Waals surface area (Å²) in [7, 11) is 0. The summed E-state index contributed by atoms with van der Waals surface area (Å²) >= 11 is 8.70. The third-order valence-corrected chi connectivity index (χ3v) is 9.73. The van der Waals surface area contributed by atoms with E-state index in [2.05, 4.69) is 9.97 Å². The molecule has 0 aliphatic heterocycles. The quantitative estimate of drug-likeness (QED) is 0.117. The zero-order valence-corrected chi connectivity index (χ0v) is 33.4. The summed E-state index contributed by atoms with van der Waals surface area (Å²) in [5.41, 5.74) is 3.99. The van der Waals surface area contributed by atoms with Crippen LogP contribution in [0.2, 0.25) is 4.47 Å². The molecular formula is C42H47ClN2O6S2. The van der Waals surface area contributed by atoms with Crippen LogP contribution in [-0.2, 0) is 22.4 Å². The van der Waals surface area contributed by atoms with Crippen molar-refractivity contribution >= 4 is 66.3 Å². The first kappa shape index (κ1) is 41.2. The molecule has 0 spiro atoms. The molecule has 8 nitrogen and oxygen atoms in total. The summed E-state index contributed by atoms with van der Waals surface area (Å²) in [4.78, 5) is 31.4. The Morgan fingerprint density at radius 1 is 0.679 bits per heavy atom. The van der Waals surface area contributed by atoms with Crippen LogP contribution in [0, 0.1) is 0 Å². The van der Waals surface area contributed by atoms with Crippen LogP contribution in [0.25, 0.3) is 20.4 Å². The van der Waals surface area contributed by atoms with Gasteiger partial charge >= 0.3 is 0 Å². The fourth-order valence-electron chi connectivity index (χ4n) is 4.95. The molecule has 6 rings (SSSR count). The van der Waals surface area contributed by atoms with Gasteiger partial charge in [0, 0.05) is 25.7 Å². The maximum atomic E-state index is 11.6. The molecule has 0 unspecified atom stereocenters. The van der Waals surface area contributed by atoms with E-state index in [4.69, 9.17) is 25.8 Å². The number of phenolic OH excluding ortho intramolecular Hbond substituents is 1. The lowest BCUT2D eigenvalue weighted by Crippen LogP contribution is -2.07. The largest absolute Gasteiger partial charge is 0.504 e. The minimum absolute atomic E-state index is 0.0217. The molecule has 4 aromatic carbocycles. The molecule has 1 N–H and O–H groups in total. The van der Waals surface area contributed by atoms with Gasteiger partial charge in [0.2, 0.25) is 0 Å². The lowest BCUT2D eigenvalue weighted by Gasteiger charge is -2.15. The fourth-order valence-corrected chi connectivity index (χ4v) is 6.81. The number of aromatic nitrogens is 2. The molecule has 0 bridgehead atoms. The monoisotopic (exact) mass is 774 g/mol. The van der Waals surface area contributed by atoms with Crippen molar-refractivity contribution < 1.29 is 28.9 Å². The van der Waals surface area contributed by atoms with Crippen LogP contribution in [-0.4, -0.2) is 38.8 Å². The minimum atomic E-state index is 0.0217. The third kappa shape index (κ3) is 13.4.